The lowest BCUT2D eigenvalue weighted by Crippen LogP contribution is -2.55. The van der Waals surface area contributed by atoms with Gasteiger partial charge in [-0.05, 0) is 57.2 Å². The number of carbonyl (C=O) groups excluding carboxylic acids is 2. The number of likely N-dealkylation sites (tertiary alicyclic amines) is 1. The number of aliphatic hydroxyl groups is 1. The Morgan fingerprint density at radius 2 is 1.76 bits per heavy atom. The van der Waals surface area contributed by atoms with Crippen molar-refractivity contribution >= 4 is 23.4 Å². The first-order chi connectivity index (χ1) is 16.1. The second-order valence-corrected chi connectivity index (χ2v) is 11.4. The zero-order chi connectivity index (χ0) is 24.9. The first-order valence-electron chi connectivity index (χ1n) is 12.8. The van der Waals surface area contributed by atoms with Crippen LogP contribution in [0, 0.1) is 5.41 Å². The molecule has 2 amide bonds. The molecule has 1 aliphatic heterocycles. The molecule has 0 aromatic heterocycles. The Balaban J connectivity index is 1.75. The molecule has 34 heavy (non-hydrogen) atoms. The Morgan fingerprint density at radius 1 is 1.12 bits per heavy atom. The number of aliphatic hydroxyl groups excluding tert-OH is 1. The number of halogens is 1. The summed E-state index contributed by atoms with van der Waals surface area (Å²) in [6.07, 6.45) is 6.86. The zero-order valence-corrected chi connectivity index (χ0v) is 22.0. The summed E-state index contributed by atoms with van der Waals surface area (Å²) in [7, 11) is 0. The molecule has 0 spiro atoms. The summed E-state index contributed by atoms with van der Waals surface area (Å²) in [6.45, 7) is 8.77. The van der Waals surface area contributed by atoms with Crippen molar-refractivity contribution < 1.29 is 14.7 Å². The normalized spacial score (nSPS) is 20.6. The smallest absolute Gasteiger partial charge is 0.240 e. The minimum absolute atomic E-state index is 0.000562. The number of rotatable bonds is 9. The van der Waals surface area contributed by atoms with E-state index in [4.69, 9.17) is 11.6 Å². The predicted octanol–water partition coefficient (Wildman–Crippen LogP) is 4.03. The Morgan fingerprint density at radius 3 is 2.35 bits per heavy atom. The van der Waals surface area contributed by atoms with E-state index < -0.39 is 5.41 Å². The van der Waals surface area contributed by atoms with Gasteiger partial charge in [0.15, 0.2) is 0 Å². The Kier molecular flexibility index (Phi) is 9.41. The highest BCUT2D eigenvalue weighted by Crippen LogP contribution is 2.32. The van der Waals surface area contributed by atoms with Crippen molar-refractivity contribution in [2.24, 2.45) is 5.41 Å². The molecular formula is C27H42ClN3O3. The summed E-state index contributed by atoms with van der Waals surface area (Å²) >= 11 is 6.04. The average Bonchev–Trinajstić information content (AvgIpc) is 3.29. The first kappa shape index (κ1) is 27.0. The summed E-state index contributed by atoms with van der Waals surface area (Å²) in [5, 5.41) is 14.0. The Bertz CT molecular complexity index is 821. The highest BCUT2D eigenvalue weighted by molar-refractivity contribution is 6.30. The van der Waals surface area contributed by atoms with Crippen LogP contribution in [0.25, 0.3) is 0 Å². The summed E-state index contributed by atoms with van der Waals surface area (Å²) in [6, 6.07) is 7.70. The highest BCUT2D eigenvalue weighted by atomic mass is 35.5. The molecule has 2 N–H and O–H groups in total. The van der Waals surface area contributed by atoms with E-state index in [0.717, 1.165) is 37.7 Å². The van der Waals surface area contributed by atoms with E-state index in [0.29, 0.717) is 24.5 Å². The lowest BCUT2D eigenvalue weighted by Gasteiger charge is -2.42. The van der Waals surface area contributed by atoms with Gasteiger partial charge < -0.3 is 20.2 Å². The zero-order valence-electron chi connectivity index (χ0n) is 21.2. The minimum Gasteiger partial charge on any atom is -0.395 e. The summed E-state index contributed by atoms with van der Waals surface area (Å²) in [4.78, 5) is 31.1. The molecule has 1 saturated carbocycles. The molecule has 1 aromatic rings. The molecule has 0 bridgehead atoms. The lowest BCUT2D eigenvalue weighted by molar-refractivity contribution is -0.149. The van der Waals surface area contributed by atoms with Crippen LogP contribution >= 0.6 is 11.6 Å². The van der Waals surface area contributed by atoms with Gasteiger partial charge in [-0.3, -0.25) is 9.59 Å². The van der Waals surface area contributed by atoms with Crippen molar-refractivity contribution in [3.63, 3.8) is 0 Å². The van der Waals surface area contributed by atoms with Crippen LogP contribution < -0.4 is 5.32 Å². The number of hydrogen-bond donors (Lipinski definition) is 2. The maximum Gasteiger partial charge on any atom is 0.240 e. The van der Waals surface area contributed by atoms with Crippen molar-refractivity contribution in [2.45, 2.75) is 96.8 Å². The molecule has 3 rings (SSSR count). The Hall–Kier alpha value is -1.63. The average molecular weight is 492 g/mol. The van der Waals surface area contributed by atoms with Crippen LogP contribution in [0.15, 0.2) is 24.3 Å². The van der Waals surface area contributed by atoms with Crippen molar-refractivity contribution in [3.8, 4) is 0 Å². The molecular weight excluding hydrogens is 450 g/mol. The number of nitrogens with one attached hydrogen (secondary N) is 1. The molecule has 0 unspecified atom stereocenters. The molecule has 1 aromatic carbocycles. The summed E-state index contributed by atoms with van der Waals surface area (Å²) in [5.41, 5.74) is 0.251. The van der Waals surface area contributed by atoms with Crippen LogP contribution in [0.3, 0.4) is 0 Å². The van der Waals surface area contributed by atoms with Crippen LogP contribution in [-0.2, 0) is 16.0 Å². The monoisotopic (exact) mass is 491 g/mol. The second kappa shape index (κ2) is 11.9. The molecule has 2 aliphatic rings. The molecule has 190 valence electrons. The topological polar surface area (TPSA) is 72.9 Å². The van der Waals surface area contributed by atoms with E-state index >= 15 is 0 Å². The van der Waals surface area contributed by atoms with Gasteiger partial charge in [-0.1, -0.05) is 56.8 Å². The van der Waals surface area contributed by atoms with Gasteiger partial charge in [-0.2, -0.15) is 0 Å². The third kappa shape index (κ3) is 6.73. The molecule has 2 fully saturated rings. The number of carbonyl (C=O) groups is 2. The number of benzene rings is 1. The van der Waals surface area contributed by atoms with Gasteiger partial charge in [-0.25, -0.2) is 0 Å². The van der Waals surface area contributed by atoms with Gasteiger partial charge in [0, 0.05) is 30.2 Å². The standard InChI is InChI=1S/C27H42ClN3O3/c1-19(2)29-24(16-20-10-12-21(28)13-11-20)25(33)30-15-14-23(17-30)31(22-8-6-5-7-9-22)26(34)27(3,4)18-32/h10-13,19,22-24,29,32H,5-9,14-18H2,1-4H3/t23-,24+/m0/s1. The van der Waals surface area contributed by atoms with E-state index in [2.05, 4.69) is 19.2 Å². The SMILES string of the molecule is CC(C)N[C@H](Cc1ccc(Cl)cc1)C(=O)N1CC[C@H](N(C(=O)C(C)(C)CO)C2CCCCC2)C1. The fourth-order valence-corrected chi connectivity index (χ4v) is 5.40. The second-order valence-electron chi connectivity index (χ2n) is 11.0. The van der Waals surface area contributed by atoms with Crippen LogP contribution in [0.1, 0.15) is 71.8 Å². The summed E-state index contributed by atoms with van der Waals surface area (Å²) in [5.74, 6) is 0.0998. The lowest BCUT2D eigenvalue weighted by atomic mass is 9.87. The predicted molar refractivity (Wildman–Crippen MR) is 137 cm³/mol. The van der Waals surface area contributed by atoms with Gasteiger partial charge in [0.25, 0.3) is 0 Å². The van der Waals surface area contributed by atoms with E-state index in [1.54, 1.807) is 0 Å². The van der Waals surface area contributed by atoms with Gasteiger partial charge in [0.2, 0.25) is 11.8 Å². The van der Waals surface area contributed by atoms with Crippen LogP contribution in [0.4, 0.5) is 0 Å². The molecule has 7 heteroatoms. The molecule has 1 heterocycles. The van der Waals surface area contributed by atoms with Gasteiger partial charge in [0.1, 0.15) is 0 Å². The van der Waals surface area contributed by atoms with Crippen LogP contribution in [0.2, 0.25) is 5.02 Å². The molecule has 0 radical (unpaired) electrons. The molecule has 1 aliphatic carbocycles. The fourth-order valence-electron chi connectivity index (χ4n) is 5.27. The van der Waals surface area contributed by atoms with Gasteiger partial charge in [-0.15, -0.1) is 0 Å². The highest BCUT2D eigenvalue weighted by Gasteiger charge is 2.42. The van der Waals surface area contributed by atoms with Gasteiger partial charge >= 0.3 is 0 Å². The van der Waals surface area contributed by atoms with Crippen LogP contribution in [-0.4, -0.2) is 70.6 Å². The van der Waals surface area contributed by atoms with E-state index in [9.17, 15) is 14.7 Å². The Labute approximate surface area is 210 Å². The quantitative estimate of drug-likeness (QED) is 0.547. The number of amides is 2. The first-order valence-corrected chi connectivity index (χ1v) is 13.2. The van der Waals surface area contributed by atoms with Gasteiger partial charge in [0.05, 0.1) is 24.1 Å². The van der Waals surface area contributed by atoms with E-state index in [-0.39, 0.29) is 42.6 Å². The summed E-state index contributed by atoms with van der Waals surface area (Å²) < 4.78 is 0. The third-order valence-electron chi connectivity index (χ3n) is 7.23. The largest absolute Gasteiger partial charge is 0.395 e. The molecule has 2 atom stereocenters. The fraction of sp³-hybridized carbons (Fsp3) is 0.704. The van der Waals surface area contributed by atoms with Crippen molar-refractivity contribution in [3.05, 3.63) is 34.9 Å². The number of nitrogens with zero attached hydrogens (tertiary/aromatic N) is 2. The van der Waals surface area contributed by atoms with Crippen LogP contribution in [0.5, 0.6) is 0 Å². The van der Waals surface area contributed by atoms with E-state index in [1.165, 1.54) is 6.42 Å². The van der Waals surface area contributed by atoms with E-state index in [1.807, 2.05) is 47.9 Å². The maximum absolute atomic E-state index is 13.6. The van der Waals surface area contributed by atoms with Crippen molar-refractivity contribution in [1.29, 1.82) is 0 Å². The van der Waals surface area contributed by atoms with Crippen molar-refractivity contribution in [2.75, 3.05) is 19.7 Å². The minimum atomic E-state index is -0.814. The van der Waals surface area contributed by atoms with Crippen molar-refractivity contribution in [1.82, 2.24) is 15.1 Å². The molecule has 6 nitrogen and oxygen atoms in total. The third-order valence-corrected chi connectivity index (χ3v) is 7.48. The molecule has 1 saturated heterocycles. The number of hydrogen-bond acceptors (Lipinski definition) is 4. The maximum atomic E-state index is 13.6.